The summed E-state index contributed by atoms with van der Waals surface area (Å²) in [7, 11) is 0. The molecule has 0 bridgehead atoms. The van der Waals surface area contributed by atoms with Crippen molar-refractivity contribution in [3.63, 3.8) is 0 Å². The van der Waals surface area contributed by atoms with E-state index in [0.29, 0.717) is 36.0 Å². The summed E-state index contributed by atoms with van der Waals surface area (Å²) in [6.07, 6.45) is 2.12. The van der Waals surface area contributed by atoms with Crippen LogP contribution in [0.15, 0.2) is 46.6 Å². The first kappa shape index (κ1) is 20.8. The van der Waals surface area contributed by atoms with Crippen molar-refractivity contribution in [3.05, 3.63) is 73.4 Å². The summed E-state index contributed by atoms with van der Waals surface area (Å²) in [5.74, 6) is 0.640. The Morgan fingerprint density at radius 1 is 1.28 bits per heavy atom. The van der Waals surface area contributed by atoms with Crippen LogP contribution in [0.25, 0.3) is 11.2 Å². The number of carbonyl (C=O) groups is 1. The number of likely N-dealkylation sites (tertiary alicyclic amines) is 1. The Morgan fingerprint density at radius 3 is 3.00 bits per heavy atom. The van der Waals surface area contributed by atoms with Crippen LogP contribution in [0.5, 0.6) is 0 Å². The predicted molar refractivity (Wildman–Crippen MR) is 123 cm³/mol. The molecule has 5 rings (SSSR count). The van der Waals surface area contributed by atoms with E-state index < -0.39 is 0 Å². The largest absolute Gasteiger partial charge is 0.342 e. The fraction of sp³-hybridized carbons (Fsp3) is 0.318. The van der Waals surface area contributed by atoms with Crippen LogP contribution in [0.2, 0.25) is 5.02 Å². The lowest BCUT2D eigenvalue weighted by Gasteiger charge is -2.32. The standard InChI is InChI=1S/C22H21ClN6O2S/c23-16-6-1-4-14(10-16)12-29-21-19(26-27-29)22(31)25-20(24-21)15-5-2-8-28(13-15)18(30)11-17-7-3-9-32-17/h1,3-4,6-7,9-10,15H,2,5,8,11-13H2,(H,24,25,31)/t15-/m1/s1. The summed E-state index contributed by atoms with van der Waals surface area (Å²) in [5, 5.41) is 10.8. The number of nitrogens with one attached hydrogen (secondary N) is 1. The average Bonchev–Trinajstić information content (AvgIpc) is 3.44. The molecule has 0 spiro atoms. The van der Waals surface area contributed by atoms with Crippen molar-refractivity contribution in [3.8, 4) is 0 Å². The van der Waals surface area contributed by atoms with Gasteiger partial charge in [-0.2, -0.15) is 0 Å². The zero-order chi connectivity index (χ0) is 22.1. The quantitative estimate of drug-likeness (QED) is 0.485. The van der Waals surface area contributed by atoms with Gasteiger partial charge in [0.1, 0.15) is 5.82 Å². The van der Waals surface area contributed by atoms with E-state index in [1.807, 2.05) is 40.6 Å². The third kappa shape index (κ3) is 4.31. The SMILES string of the molecule is O=C(Cc1cccs1)N1CCC[C@@H](c2nc3c(nnn3Cc3cccc(Cl)c3)c(=O)[nH]2)C1. The van der Waals surface area contributed by atoms with Crippen molar-refractivity contribution < 1.29 is 4.79 Å². The number of fused-ring (bicyclic) bond motifs is 1. The van der Waals surface area contributed by atoms with Crippen LogP contribution < -0.4 is 5.56 Å². The van der Waals surface area contributed by atoms with Gasteiger partial charge in [0.2, 0.25) is 5.91 Å². The Labute approximate surface area is 192 Å². The van der Waals surface area contributed by atoms with Crippen LogP contribution in [0.1, 0.15) is 35.0 Å². The van der Waals surface area contributed by atoms with Gasteiger partial charge in [0, 0.05) is 28.9 Å². The van der Waals surface area contributed by atoms with Gasteiger partial charge in [0.25, 0.3) is 5.56 Å². The molecule has 10 heteroatoms. The molecular formula is C22H21ClN6O2S. The number of amides is 1. The first-order valence-electron chi connectivity index (χ1n) is 10.4. The molecule has 1 saturated heterocycles. The van der Waals surface area contributed by atoms with E-state index in [2.05, 4.69) is 15.3 Å². The van der Waals surface area contributed by atoms with Crippen LogP contribution in [0, 0.1) is 0 Å². The van der Waals surface area contributed by atoms with Crippen LogP contribution in [-0.4, -0.2) is 48.9 Å². The lowest BCUT2D eigenvalue weighted by atomic mass is 9.97. The van der Waals surface area contributed by atoms with Gasteiger partial charge in [0.05, 0.1) is 13.0 Å². The predicted octanol–water partition coefficient (Wildman–Crippen LogP) is 3.23. The summed E-state index contributed by atoms with van der Waals surface area (Å²) in [5.41, 5.74) is 1.27. The molecule has 1 N–H and O–H groups in total. The van der Waals surface area contributed by atoms with E-state index in [1.54, 1.807) is 22.1 Å². The molecule has 0 aliphatic carbocycles. The highest BCUT2D eigenvalue weighted by Gasteiger charge is 2.27. The Hall–Kier alpha value is -3.04. The number of piperidine rings is 1. The average molecular weight is 469 g/mol. The Bertz CT molecular complexity index is 1320. The van der Waals surface area contributed by atoms with Gasteiger partial charge in [0.15, 0.2) is 11.2 Å². The number of halogens is 1. The molecule has 3 aromatic heterocycles. The summed E-state index contributed by atoms with van der Waals surface area (Å²) in [4.78, 5) is 36.0. The lowest BCUT2D eigenvalue weighted by molar-refractivity contribution is -0.131. The van der Waals surface area contributed by atoms with Gasteiger partial charge in [-0.05, 0) is 42.0 Å². The van der Waals surface area contributed by atoms with Gasteiger partial charge in [-0.3, -0.25) is 9.59 Å². The minimum absolute atomic E-state index is 0.0392. The molecule has 0 unspecified atom stereocenters. The molecule has 1 aliphatic rings. The van der Waals surface area contributed by atoms with E-state index in [9.17, 15) is 9.59 Å². The Morgan fingerprint density at radius 2 is 2.19 bits per heavy atom. The number of rotatable bonds is 5. The molecule has 1 amide bonds. The van der Waals surface area contributed by atoms with E-state index in [1.165, 1.54) is 0 Å². The second-order valence-corrected chi connectivity index (χ2v) is 9.40. The number of carbonyl (C=O) groups excluding carboxylic acids is 1. The van der Waals surface area contributed by atoms with Gasteiger partial charge in [-0.1, -0.05) is 35.0 Å². The van der Waals surface area contributed by atoms with E-state index in [0.717, 1.165) is 29.8 Å². The molecule has 1 aromatic carbocycles. The fourth-order valence-corrected chi connectivity index (χ4v) is 5.00. The fourth-order valence-electron chi connectivity index (χ4n) is 4.09. The smallest absolute Gasteiger partial charge is 0.281 e. The lowest BCUT2D eigenvalue weighted by Crippen LogP contribution is -2.40. The van der Waals surface area contributed by atoms with E-state index >= 15 is 0 Å². The monoisotopic (exact) mass is 468 g/mol. The molecule has 4 aromatic rings. The second-order valence-electron chi connectivity index (χ2n) is 7.94. The number of aromatic nitrogens is 5. The minimum Gasteiger partial charge on any atom is -0.342 e. The first-order valence-corrected chi connectivity index (χ1v) is 11.7. The third-order valence-corrected chi connectivity index (χ3v) is 6.79. The van der Waals surface area contributed by atoms with Crippen molar-refractivity contribution in [1.29, 1.82) is 0 Å². The second kappa shape index (κ2) is 8.84. The van der Waals surface area contributed by atoms with E-state index in [-0.39, 0.29) is 22.9 Å². The van der Waals surface area contributed by atoms with Crippen LogP contribution >= 0.6 is 22.9 Å². The van der Waals surface area contributed by atoms with E-state index in [4.69, 9.17) is 16.6 Å². The molecule has 1 atom stereocenters. The molecule has 0 saturated carbocycles. The summed E-state index contributed by atoms with van der Waals surface area (Å²) >= 11 is 7.68. The highest BCUT2D eigenvalue weighted by Crippen LogP contribution is 2.25. The number of nitrogens with zero attached hydrogens (tertiary/aromatic N) is 5. The van der Waals surface area contributed by atoms with Crippen LogP contribution in [-0.2, 0) is 17.8 Å². The van der Waals surface area contributed by atoms with Gasteiger partial charge in [-0.15, -0.1) is 16.4 Å². The summed E-state index contributed by atoms with van der Waals surface area (Å²) in [6.45, 7) is 1.67. The molecule has 164 valence electrons. The van der Waals surface area contributed by atoms with Crippen molar-refractivity contribution in [1.82, 2.24) is 29.9 Å². The normalized spacial score (nSPS) is 16.5. The molecule has 4 heterocycles. The van der Waals surface area contributed by atoms with Gasteiger partial charge in [-0.25, -0.2) is 9.67 Å². The number of hydrogen-bond donors (Lipinski definition) is 1. The van der Waals surface area contributed by atoms with Crippen LogP contribution in [0.3, 0.4) is 0 Å². The maximum absolute atomic E-state index is 12.8. The van der Waals surface area contributed by atoms with Crippen molar-refractivity contribution in [2.75, 3.05) is 13.1 Å². The van der Waals surface area contributed by atoms with Crippen molar-refractivity contribution in [2.24, 2.45) is 0 Å². The van der Waals surface area contributed by atoms with Gasteiger partial charge >= 0.3 is 0 Å². The molecule has 1 fully saturated rings. The first-order chi connectivity index (χ1) is 15.6. The number of benzene rings is 1. The third-order valence-electron chi connectivity index (χ3n) is 5.68. The number of hydrogen-bond acceptors (Lipinski definition) is 6. The molecular weight excluding hydrogens is 448 g/mol. The number of aromatic amines is 1. The molecule has 1 aliphatic heterocycles. The highest BCUT2D eigenvalue weighted by atomic mass is 35.5. The van der Waals surface area contributed by atoms with Gasteiger partial charge < -0.3 is 9.88 Å². The maximum atomic E-state index is 12.8. The summed E-state index contributed by atoms with van der Waals surface area (Å²) < 4.78 is 1.61. The van der Waals surface area contributed by atoms with Crippen molar-refractivity contribution in [2.45, 2.75) is 31.7 Å². The zero-order valence-electron chi connectivity index (χ0n) is 17.2. The topological polar surface area (TPSA) is 96.8 Å². The van der Waals surface area contributed by atoms with Crippen molar-refractivity contribution >= 4 is 40.0 Å². The maximum Gasteiger partial charge on any atom is 0.281 e. The van der Waals surface area contributed by atoms with Crippen LogP contribution in [0.4, 0.5) is 0 Å². The molecule has 8 nitrogen and oxygen atoms in total. The number of thiophene rings is 1. The highest BCUT2D eigenvalue weighted by molar-refractivity contribution is 7.10. The Balaban J connectivity index is 1.40. The number of H-pyrrole nitrogens is 1. The minimum atomic E-state index is -0.315. The zero-order valence-corrected chi connectivity index (χ0v) is 18.8. The Kier molecular flexibility index (Phi) is 5.75. The summed E-state index contributed by atoms with van der Waals surface area (Å²) in [6, 6.07) is 11.4. The molecule has 32 heavy (non-hydrogen) atoms. The molecule has 0 radical (unpaired) electrons.